The van der Waals surface area contributed by atoms with Gasteiger partial charge in [0, 0.05) is 12.6 Å². The fraction of sp³-hybridized carbons (Fsp3) is 0.769. The van der Waals surface area contributed by atoms with Crippen LogP contribution in [0.1, 0.15) is 46.0 Å². The lowest BCUT2D eigenvalue weighted by molar-refractivity contribution is -0.139. The normalized spacial score (nSPS) is 19.5. The number of hydrogen-bond donors (Lipinski definition) is 1. The summed E-state index contributed by atoms with van der Waals surface area (Å²) in [6, 6.07) is 0.188. The molecule has 0 aromatic carbocycles. The minimum Gasteiger partial charge on any atom is -0.335 e. The Morgan fingerprint density at radius 2 is 2.00 bits per heavy atom. The van der Waals surface area contributed by atoms with Crippen LogP contribution in [0.5, 0.6) is 0 Å². The molecule has 0 spiro atoms. The molecule has 0 unspecified atom stereocenters. The molecule has 0 heterocycles. The van der Waals surface area contributed by atoms with Gasteiger partial charge in [-0.05, 0) is 26.7 Å². The highest BCUT2D eigenvalue weighted by molar-refractivity contribution is 5.86. The Kier molecular flexibility index (Phi) is 4.54. The zero-order valence-corrected chi connectivity index (χ0v) is 10.5. The quantitative estimate of drug-likeness (QED) is 0.743. The van der Waals surface area contributed by atoms with E-state index in [0.29, 0.717) is 6.54 Å². The molecule has 0 aromatic rings. The molecule has 0 aromatic heterocycles. The van der Waals surface area contributed by atoms with E-state index in [-0.39, 0.29) is 11.9 Å². The number of hydrogen-bond acceptors (Lipinski definition) is 2. The summed E-state index contributed by atoms with van der Waals surface area (Å²) in [5.41, 5.74) is 5.63. The van der Waals surface area contributed by atoms with E-state index in [1.165, 1.54) is 6.42 Å². The maximum Gasteiger partial charge on any atom is 0.243 e. The summed E-state index contributed by atoms with van der Waals surface area (Å²) in [6.45, 7) is 8.33. The van der Waals surface area contributed by atoms with Crippen LogP contribution in [0, 0.1) is 0 Å². The highest BCUT2D eigenvalue weighted by Crippen LogP contribution is 2.28. The summed E-state index contributed by atoms with van der Waals surface area (Å²) in [5, 5.41) is 0. The molecule has 0 saturated heterocycles. The van der Waals surface area contributed by atoms with Crippen LogP contribution in [0.25, 0.3) is 0 Å². The molecule has 0 atom stereocenters. The van der Waals surface area contributed by atoms with Crippen LogP contribution in [0.2, 0.25) is 0 Å². The van der Waals surface area contributed by atoms with E-state index >= 15 is 0 Å². The lowest BCUT2D eigenvalue weighted by atomic mass is 9.81. The lowest BCUT2D eigenvalue weighted by Gasteiger charge is -2.38. The van der Waals surface area contributed by atoms with E-state index in [0.717, 1.165) is 25.7 Å². The van der Waals surface area contributed by atoms with Crippen molar-refractivity contribution in [2.75, 3.05) is 6.54 Å². The Balaban J connectivity index is 2.75. The molecule has 0 bridgehead atoms. The third kappa shape index (κ3) is 2.85. The van der Waals surface area contributed by atoms with Gasteiger partial charge in [0.05, 0.1) is 5.54 Å². The van der Waals surface area contributed by atoms with Crippen molar-refractivity contribution in [2.24, 2.45) is 5.73 Å². The Labute approximate surface area is 98.7 Å². The number of amides is 1. The van der Waals surface area contributed by atoms with Crippen LogP contribution in [0.15, 0.2) is 12.7 Å². The summed E-state index contributed by atoms with van der Waals surface area (Å²) < 4.78 is 0. The largest absolute Gasteiger partial charge is 0.335 e. The fourth-order valence-corrected chi connectivity index (χ4v) is 2.35. The lowest BCUT2D eigenvalue weighted by Crippen LogP contribution is -2.57. The van der Waals surface area contributed by atoms with Gasteiger partial charge in [-0.25, -0.2) is 0 Å². The Morgan fingerprint density at radius 3 is 2.44 bits per heavy atom. The van der Waals surface area contributed by atoms with Gasteiger partial charge in [-0.3, -0.25) is 4.79 Å². The third-order valence-electron chi connectivity index (χ3n) is 3.38. The first-order chi connectivity index (χ1) is 7.51. The second-order valence-corrected chi connectivity index (χ2v) is 5.06. The van der Waals surface area contributed by atoms with Crippen molar-refractivity contribution in [1.29, 1.82) is 0 Å². The van der Waals surface area contributed by atoms with E-state index in [1.54, 1.807) is 6.08 Å². The molecule has 3 nitrogen and oxygen atoms in total. The molecule has 16 heavy (non-hydrogen) atoms. The zero-order valence-electron chi connectivity index (χ0n) is 10.5. The van der Waals surface area contributed by atoms with E-state index in [9.17, 15) is 4.79 Å². The molecule has 1 amide bonds. The maximum atomic E-state index is 12.4. The number of carbonyl (C=O) groups is 1. The van der Waals surface area contributed by atoms with Gasteiger partial charge in [-0.15, -0.1) is 6.58 Å². The standard InChI is InChI=1S/C13H24N2O/c1-4-10-15(11(2)3)12(16)13(14)8-6-5-7-9-13/h4,11H,1,5-10,14H2,2-3H3. The van der Waals surface area contributed by atoms with Crippen LogP contribution in [-0.2, 0) is 4.79 Å². The number of carbonyl (C=O) groups excluding carboxylic acids is 1. The van der Waals surface area contributed by atoms with Crippen LogP contribution < -0.4 is 5.73 Å². The van der Waals surface area contributed by atoms with Crippen molar-refractivity contribution in [2.45, 2.75) is 57.5 Å². The highest BCUT2D eigenvalue weighted by Gasteiger charge is 2.38. The third-order valence-corrected chi connectivity index (χ3v) is 3.38. The van der Waals surface area contributed by atoms with E-state index in [4.69, 9.17) is 5.73 Å². The molecule has 1 saturated carbocycles. The Morgan fingerprint density at radius 1 is 1.44 bits per heavy atom. The van der Waals surface area contributed by atoms with Crippen LogP contribution in [0.4, 0.5) is 0 Å². The smallest absolute Gasteiger partial charge is 0.243 e. The SMILES string of the molecule is C=CCN(C(=O)C1(N)CCCCC1)C(C)C. The summed E-state index contributed by atoms with van der Waals surface area (Å²) in [4.78, 5) is 14.2. The molecule has 1 fully saturated rings. The topological polar surface area (TPSA) is 46.3 Å². The first-order valence-corrected chi connectivity index (χ1v) is 6.22. The summed E-state index contributed by atoms with van der Waals surface area (Å²) >= 11 is 0. The summed E-state index contributed by atoms with van der Waals surface area (Å²) in [6.07, 6.45) is 6.77. The maximum absolute atomic E-state index is 12.4. The minimum atomic E-state index is -0.620. The van der Waals surface area contributed by atoms with Gasteiger partial charge in [-0.2, -0.15) is 0 Å². The molecule has 0 radical (unpaired) electrons. The summed E-state index contributed by atoms with van der Waals surface area (Å²) in [5.74, 6) is 0.0992. The molecular formula is C13H24N2O. The number of rotatable bonds is 4. The average molecular weight is 224 g/mol. The van der Waals surface area contributed by atoms with Gasteiger partial charge < -0.3 is 10.6 Å². The molecule has 1 aliphatic rings. The highest BCUT2D eigenvalue weighted by atomic mass is 16.2. The Bertz CT molecular complexity index is 255. The van der Waals surface area contributed by atoms with E-state index in [1.807, 2.05) is 18.7 Å². The second kappa shape index (κ2) is 5.48. The van der Waals surface area contributed by atoms with Crippen molar-refractivity contribution in [3.05, 3.63) is 12.7 Å². The number of nitrogens with zero attached hydrogens (tertiary/aromatic N) is 1. The van der Waals surface area contributed by atoms with E-state index < -0.39 is 5.54 Å². The van der Waals surface area contributed by atoms with Gasteiger partial charge in [-0.1, -0.05) is 25.3 Å². The molecule has 0 aliphatic heterocycles. The first kappa shape index (κ1) is 13.2. The Hall–Kier alpha value is -0.830. The van der Waals surface area contributed by atoms with Crippen molar-refractivity contribution in [3.63, 3.8) is 0 Å². The van der Waals surface area contributed by atoms with Gasteiger partial charge in [0.25, 0.3) is 0 Å². The minimum absolute atomic E-state index is 0.0992. The molecule has 1 rings (SSSR count). The molecule has 1 aliphatic carbocycles. The first-order valence-electron chi connectivity index (χ1n) is 6.22. The second-order valence-electron chi connectivity index (χ2n) is 5.06. The fourth-order valence-electron chi connectivity index (χ4n) is 2.35. The van der Waals surface area contributed by atoms with Crippen molar-refractivity contribution in [1.82, 2.24) is 4.90 Å². The van der Waals surface area contributed by atoms with Gasteiger partial charge in [0.15, 0.2) is 0 Å². The van der Waals surface area contributed by atoms with E-state index in [2.05, 4.69) is 6.58 Å². The van der Waals surface area contributed by atoms with Crippen LogP contribution >= 0.6 is 0 Å². The van der Waals surface area contributed by atoms with Gasteiger partial charge in [0.2, 0.25) is 5.91 Å². The van der Waals surface area contributed by atoms with Crippen LogP contribution in [-0.4, -0.2) is 28.9 Å². The number of nitrogens with two attached hydrogens (primary N) is 1. The van der Waals surface area contributed by atoms with Crippen molar-refractivity contribution in [3.8, 4) is 0 Å². The van der Waals surface area contributed by atoms with Crippen molar-refractivity contribution < 1.29 is 4.79 Å². The molecule has 92 valence electrons. The average Bonchev–Trinajstić information content (AvgIpc) is 2.25. The molecule has 3 heteroatoms. The molecule has 2 N–H and O–H groups in total. The predicted molar refractivity (Wildman–Crippen MR) is 67.0 cm³/mol. The molecular weight excluding hydrogens is 200 g/mol. The van der Waals surface area contributed by atoms with Crippen LogP contribution in [0.3, 0.4) is 0 Å². The zero-order chi connectivity index (χ0) is 12.2. The monoisotopic (exact) mass is 224 g/mol. The van der Waals surface area contributed by atoms with Gasteiger partial charge in [0.1, 0.15) is 0 Å². The van der Waals surface area contributed by atoms with Gasteiger partial charge >= 0.3 is 0 Å². The van der Waals surface area contributed by atoms with Crippen molar-refractivity contribution >= 4 is 5.91 Å². The summed E-state index contributed by atoms with van der Waals surface area (Å²) in [7, 11) is 0. The predicted octanol–water partition coefficient (Wildman–Crippen LogP) is 2.07.